The van der Waals surface area contributed by atoms with Gasteiger partial charge in [-0.05, 0) is 32.2 Å². The van der Waals surface area contributed by atoms with Crippen LogP contribution in [0.5, 0.6) is 0 Å². The zero-order chi connectivity index (χ0) is 8.27. The van der Waals surface area contributed by atoms with Crippen molar-refractivity contribution in [1.82, 2.24) is 4.90 Å². The number of piperidine rings is 1. The van der Waals surface area contributed by atoms with Crippen molar-refractivity contribution in [2.75, 3.05) is 13.1 Å². The van der Waals surface area contributed by atoms with Crippen molar-refractivity contribution < 1.29 is 0 Å². The van der Waals surface area contributed by atoms with Gasteiger partial charge >= 0.3 is 0 Å². The van der Waals surface area contributed by atoms with Gasteiger partial charge in [0.05, 0.1) is 6.54 Å². The van der Waals surface area contributed by atoms with Gasteiger partial charge in [0.25, 0.3) is 0 Å². The molecule has 0 aromatic rings. The van der Waals surface area contributed by atoms with Crippen molar-refractivity contribution in [3.05, 3.63) is 0 Å². The lowest BCUT2D eigenvalue weighted by atomic mass is 9.93. The summed E-state index contributed by atoms with van der Waals surface area (Å²) in [6.45, 7) is 6.61. The lowest BCUT2D eigenvalue weighted by Gasteiger charge is -2.35. The topological polar surface area (TPSA) is 3.24 Å². The van der Waals surface area contributed by atoms with E-state index in [1.54, 1.807) is 0 Å². The fourth-order valence-electron chi connectivity index (χ4n) is 1.81. The molecule has 1 aliphatic heterocycles. The lowest BCUT2D eigenvalue weighted by Crippen LogP contribution is -2.40. The summed E-state index contributed by atoms with van der Waals surface area (Å²) in [5.74, 6) is 3.60. The number of likely N-dealkylation sites (tertiary alicyclic amines) is 1. The average Bonchev–Trinajstić information content (AvgIpc) is 1.95. The largest absolute Gasteiger partial charge is 0.290 e. The molecule has 2 atom stereocenters. The van der Waals surface area contributed by atoms with Gasteiger partial charge in [0.2, 0.25) is 0 Å². The van der Waals surface area contributed by atoms with Gasteiger partial charge in [0.15, 0.2) is 0 Å². The lowest BCUT2D eigenvalue weighted by molar-refractivity contribution is 0.147. The fraction of sp³-hybridized carbons (Fsp3) is 0.800. The molecule has 0 radical (unpaired) electrons. The van der Waals surface area contributed by atoms with E-state index in [1.807, 2.05) is 0 Å². The van der Waals surface area contributed by atoms with Gasteiger partial charge in [-0.1, -0.05) is 12.8 Å². The second kappa shape index (κ2) is 3.78. The Bertz CT molecular complexity index is 157. The maximum atomic E-state index is 5.26. The van der Waals surface area contributed by atoms with Crippen molar-refractivity contribution in [2.45, 2.75) is 32.7 Å². The second-order valence-electron chi connectivity index (χ2n) is 3.65. The van der Waals surface area contributed by atoms with E-state index in [9.17, 15) is 0 Å². The molecule has 1 fully saturated rings. The van der Waals surface area contributed by atoms with Gasteiger partial charge in [0.1, 0.15) is 0 Å². The molecule has 0 amide bonds. The average molecular weight is 151 g/mol. The van der Waals surface area contributed by atoms with Crippen LogP contribution in [0.1, 0.15) is 26.7 Å². The Kier molecular flexibility index (Phi) is 2.96. The normalized spacial score (nSPS) is 33.2. The van der Waals surface area contributed by atoms with Crippen molar-refractivity contribution in [3.63, 3.8) is 0 Å². The summed E-state index contributed by atoms with van der Waals surface area (Å²) in [5, 5.41) is 0. The van der Waals surface area contributed by atoms with Crippen LogP contribution in [0.25, 0.3) is 0 Å². The van der Waals surface area contributed by atoms with Crippen LogP contribution in [-0.4, -0.2) is 24.0 Å². The minimum absolute atomic E-state index is 0.690. The summed E-state index contributed by atoms with van der Waals surface area (Å²) in [4.78, 5) is 2.39. The molecule has 1 heterocycles. The monoisotopic (exact) mass is 151 g/mol. The molecule has 11 heavy (non-hydrogen) atoms. The van der Waals surface area contributed by atoms with Crippen molar-refractivity contribution in [3.8, 4) is 12.3 Å². The Hall–Kier alpha value is -0.480. The first-order chi connectivity index (χ1) is 5.24. The minimum Gasteiger partial charge on any atom is -0.290 e. The van der Waals surface area contributed by atoms with Crippen molar-refractivity contribution in [2.24, 2.45) is 5.92 Å². The summed E-state index contributed by atoms with van der Waals surface area (Å²) in [7, 11) is 0. The highest BCUT2D eigenvalue weighted by molar-refractivity contribution is 4.91. The Morgan fingerprint density at radius 2 is 2.27 bits per heavy atom. The summed E-state index contributed by atoms with van der Waals surface area (Å²) in [6, 6.07) is 0.690. The minimum atomic E-state index is 0.690. The van der Waals surface area contributed by atoms with E-state index in [0.717, 1.165) is 12.5 Å². The molecule has 1 unspecified atom stereocenters. The molecule has 0 saturated carbocycles. The van der Waals surface area contributed by atoms with E-state index in [1.165, 1.54) is 19.4 Å². The maximum Gasteiger partial charge on any atom is 0.0601 e. The predicted octanol–water partition coefficient (Wildman–Crippen LogP) is 1.74. The standard InChI is InChI=1S/C10H17N/c1-4-6-11-7-5-9(2)8-10(11)3/h1,9-10H,5-8H2,2-3H3/t9-,10?/m1/s1. The van der Waals surface area contributed by atoms with Gasteiger partial charge in [-0.3, -0.25) is 4.90 Å². The van der Waals surface area contributed by atoms with E-state index < -0.39 is 0 Å². The van der Waals surface area contributed by atoms with Crippen LogP contribution in [0.4, 0.5) is 0 Å². The predicted molar refractivity (Wildman–Crippen MR) is 48.3 cm³/mol. The van der Waals surface area contributed by atoms with E-state index >= 15 is 0 Å². The molecule has 0 aromatic heterocycles. The van der Waals surface area contributed by atoms with E-state index in [2.05, 4.69) is 24.7 Å². The van der Waals surface area contributed by atoms with E-state index in [0.29, 0.717) is 6.04 Å². The molecular weight excluding hydrogens is 134 g/mol. The zero-order valence-electron chi connectivity index (χ0n) is 7.51. The molecule has 1 rings (SSSR count). The van der Waals surface area contributed by atoms with Crippen LogP contribution < -0.4 is 0 Å². The summed E-state index contributed by atoms with van der Waals surface area (Å²) < 4.78 is 0. The molecule has 0 N–H and O–H groups in total. The Labute approximate surface area is 69.8 Å². The fourth-order valence-corrected chi connectivity index (χ4v) is 1.81. The van der Waals surface area contributed by atoms with E-state index in [4.69, 9.17) is 6.42 Å². The number of hydrogen-bond acceptors (Lipinski definition) is 1. The zero-order valence-corrected chi connectivity index (χ0v) is 7.51. The smallest absolute Gasteiger partial charge is 0.0601 e. The molecule has 1 heteroatoms. The first kappa shape index (κ1) is 8.62. The maximum absolute atomic E-state index is 5.26. The highest BCUT2D eigenvalue weighted by Gasteiger charge is 2.21. The highest BCUT2D eigenvalue weighted by atomic mass is 15.1. The van der Waals surface area contributed by atoms with Crippen LogP contribution in [0.3, 0.4) is 0 Å². The van der Waals surface area contributed by atoms with E-state index in [-0.39, 0.29) is 0 Å². The molecule has 1 aliphatic rings. The quantitative estimate of drug-likeness (QED) is 0.516. The third kappa shape index (κ3) is 2.24. The third-order valence-electron chi connectivity index (χ3n) is 2.57. The van der Waals surface area contributed by atoms with Gasteiger partial charge in [-0.15, -0.1) is 6.42 Å². The van der Waals surface area contributed by atoms with Gasteiger partial charge in [-0.25, -0.2) is 0 Å². The number of terminal acetylenes is 1. The van der Waals surface area contributed by atoms with Crippen LogP contribution in [0.2, 0.25) is 0 Å². The van der Waals surface area contributed by atoms with Crippen LogP contribution in [0.15, 0.2) is 0 Å². The first-order valence-corrected chi connectivity index (χ1v) is 4.41. The first-order valence-electron chi connectivity index (χ1n) is 4.41. The van der Waals surface area contributed by atoms with Gasteiger partial charge in [0, 0.05) is 6.04 Å². The van der Waals surface area contributed by atoms with Crippen LogP contribution >= 0.6 is 0 Å². The number of nitrogens with zero attached hydrogens (tertiary/aromatic N) is 1. The molecule has 62 valence electrons. The van der Waals surface area contributed by atoms with Crippen LogP contribution in [-0.2, 0) is 0 Å². The summed E-state index contributed by atoms with van der Waals surface area (Å²) in [5.41, 5.74) is 0. The summed E-state index contributed by atoms with van der Waals surface area (Å²) >= 11 is 0. The molecule has 1 saturated heterocycles. The molecule has 0 aromatic carbocycles. The Morgan fingerprint density at radius 3 is 2.82 bits per heavy atom. The molecular formula is C10H17N. The van der Waals surface area contributed by atoms with Crippen LogP contribution in [0, 0.1) is 18.3 Å². The van der Waals surface area contributed by atoms with Gasteiger partial charge in [-0.2, -0.15) is 0 Å². The number of rotatable bonds is 1. The Balaban J connectivity index is 2.39. The number of hydrogen-bond donors (Lipinski definition) is 0. The van der Waals surface area contributed by atoms with Crippen molar-refractivity contribution >= 4 is 0 Å². The molecule has 0 bridgehead atoms. The highest BCUT2D eigenvalue weighted by Crippen LogP contribution is 2.21. The van der Waals surface area contributed by atoms with Crippen molar-refractivity contribution in [1.29, 1.82) is 0 Å². The third-order valence-corrected chi connectivity index (χ3v) is 2.57. The Morgan fingerprint density at radius 1 is 1.55 bits per heavy atom. The van der Waals surface area contributed by atoms with Gasteiger partial charge < -0.3 is 0 Å². The second-order valence-corrected chi connectivity index (χ2v) is 3.65. The summed E-state index contributed by atoms with van der Waals surface area (Å²) in [6.07, 6.45) is 7.88. The SMILES string of the molecule is C#CCN1CC[C@@H](C)CC1C. The molecule has 0 spiro atoms. The molecule has 0 aliphatic carbocycles. The molecule has 1 nitrogen and oxygen atoms in total.